The van der Waals surface area contributed by atoms with Crippen molar-refractivity contribution in [3.05, 3.63) is 101 Å². The molecule has 2 heterocycles. The number of rotatable bonds is 8. The molecule has 37 heavy (non-hydrogen) atoms. The van der Waals surface area contributed by atoms with E-state index in [0.29, 0.717) is 18.7 Å². The molecule has 192 valence electrons. The zero-order valence-corrected chi connectivity index (χ0v) is 21.3. The van der Waals surface area contributed by atoms with Crippen molar-refractivity contribution >= 4 is 11.8 Å². The number of fused-ring (bicyclic) bond motifs is 1. The molecule has 7 heteroatoms. The zero-order chi connectivity index (χ0) is 25.8. The van der Waals surface area contributed by atoms with E-state index >= 15 is 0 Å². The summed E-state index contributed by atoms with van der Waals surface area (Å²) >= 11 is 0. The van der Waals surface area contributed by atoms with Gasteiger partial charge in [-0.15, -0.1) is 0 Å². The van der Waals surface area contributed by atoms with Crippen molar-refractivity contribution < 1.29 is 19.1 Å². The first-order valence-corrected chi connectivity index (χ1v) is 12.7. The Balaban J connectivity index is 1.35. The third kappa shape index (κ3) is 5.40. The average molecular weight is 500 g/mol. The smallest absolute Gasteiger partial charge is 0.252 e. The fraction of sp³-hybridized carbons (Fsp3) is 0.333. The Hall–Kier alpha value is -4.00. The Labute approximate surface area is 218 Å². The second-order valence-electron chi connectivity index (χ2n) is 9.69. The molecular formula is C30H33N3O4. The first-order valence-electron chi connectivity index (χ1n) is 12.7. The Morgan fingerprint density at radius 2 is 1.86 bits per heavy atom. The molecule has 1 aliphatic carbocycles. The van der Waals surface area contributed by atoms with Gasteiger partial charge >= 0.3 is 0 Å². The minimum atomic E-state index is -0.111. The van der Waals surface area contributed by atoms with E-state index in [0.717, 1.165) is 29.9 Å². The molecule has 5 rings (SSSR count). The van der Waals surface area contributed by atoms with Gasteiger partial charge < -0.3 is 24.6 Å². The average Bonchev–Trinajstić information content (AvgIpc) is 3.36. The molecule has 2 aliphatic heterocycles. The normalized spacial score (nSPS) is 22.6. The largest absolute Gasteiger partial charge is 0.497 e. The molecular weight excluding hydrogens is 466 g/mol. The van der Waals surface area contributed by atoms with Crippen molar-refractivity contribution in [1.29, 1.82) is 0 Å². The van der Waals surface area contributed by atoms with Gasteiger partial charge in [-0.1, -0.05) is 48.5 Å². The summed E-state index contributed by atoms with van der Waals surface area (Å²) in [5.41, 5.74) is 2.89. The Kier molecular flexibility index (Phi) is 7.30. The van der Waals surface area contributed by atoms with Gasteiger partial charge in [0, 0.05) is 30.8 Å². The Bertz CT molecular complexity index is 1240. The Morgan fingerprint density at radius 3 is 2.65 bits per heavy atom. The summed E-state index contributed by atoms with van der Waals surface area (Å²) < 4.78 is 10.8. The number of ether oxygens (including phenoxy) is 2. The number of carbonyl (C=O) groups excluding carboxylic acids is 2. The number of nitrogens with one attached hydrogen (secondary N) is 1. The van der Waals surface area contributed by atoms with E-state index in [1.807, 2.05) is 65.6 Å². The van der Waals surface area contributed by atoms with Crippen molar-refractivity contribution in [2.75, 3.05) is 27.3 Å². The van der Waals surface area contributed by atoms with Gasteiger partial charge in [-0.3, -0.25) is 9.59 Å². The number of amides is 2. The van der Waals surface area contributed by atoms with Crippen LogP contribution in [0.15, 0.2) is 90.4 Å². The highest BCUT2D eigenvalue weighted by Crippen LogP contribution is 2.31. The summed E-state index contributed by atoms with van der Waals surface area (Å²) in [5, 5.41) is 3.29. The SMILES string of the molecule is COC1=CC2C(C(=O)N3CC(=O)N(Cc4cccc(OC)c4)[C@@H](CCc4ccccc4)C3)=CNC2C=C1. The maximum absolute atomic E-state index is 13.7. The number of methoxy groups -OCH3 is 2. The number of benzene rings is 2. The summed E-state index contributed by atoms with van der Waals surface area (Å²) in [6.07, 6.45) is 9.29. The van der Waals surface area contributed by atoms with Crippen LogP contribution in [0.2, 0.25) is 0 Å². The van der Waals surface area contributed by atoms with Gasteiger partial charge in [0.25, 0.3) is 5.91 Å². The van der Waals surface area contributed by atoms with Crippen LogP contribution in [0, 0.1) is 5.92 Å². The molecule has 3 atom stereocenters. The summed E-state index contributed by atoms with van der Waals surface area (Å²) in [7, 11) is 3.27. The fourth-order valence-corrected chi connectivity index (χ4v) is 5.34. The van der Waals surface area contributed by atoms with Crippen molar-refractivity contribution in [1.82, 2.24) is 15.1 Å². The molecule has 2 aromatic rings. The van der Waals surface area contributed by atoms with Crippen LogP contribution in [0.4, 0.5) is 0 Å². The lowest BCUT2D eigenvalue weighted by molar-refractivity contribution is -0.148. The number of nitrogens with zero attached hydrogens (tertiary/aromatic N) is 2. The summed E-state index contributed by atoms with van der Waals surface area (Å²) in [6.45, 7) is 1.04. The third-order valence-electron chi connectivity index (χ3n) is 7.37. The fourth-order valence-electron chi connectivity index (χ4n) is 5.34. The molecule has 0 aromatic heterocycles. The predicted molar refractivity (Wildman–Crippen MR) is 141 cm³/mol. The van der Waals surface area contributed by atoms with Gasteiger partial charge in [-0.2, -0.15) is 0 Å². The number of hydrogen-bond acceptors (Lipinski definition) is 5. The molecule has 1 N–H and O–H groups in total. The second-order valence-corrected chi connectivity index (χ2v) is 9.69. The van der Waals surface area contributed by atoms with Crippen molar-refractivity contribution in [3.63, 3.8) is 0 Å². The highest BCUT2D eigenvalue weighted by molar-refractivity contribution is 5.98. The lowest BCUT2D eigenvalue weighted by Gasteiger charge is -2.42. The molecule has 1 saturated heterocycles. The molecule has 1 fully saturated rings. The number of hydrogen-bond donors (Lipinski definition) is 1. The highest BCUT2D eigenvalue weighted by atomic mass is 16.5. The lowest BCUT2D eigenvalue weighted by Crippen LogP contribution is -2.58. The molecule has 0 saturated carbocycles. The van der Waals surface area contributed by atoms with Gasteiger partial charge in [0.2, 0.25) is 5.91 Å². The zero-order valence-electron chi connectivity index (χ0n) is 21.3. The standard InChI is InChI=1S/C30H33N3O4/c1-36-24-10-6-9-22(15-24)18-33-23(12-11-21-7-4-3-5-8-21)19-32(20-29(33)34)30(35)27-17-31-28-14-13-25(37-2)16-26(27)28/h3-10,13-17,23,26,28,31H,11-12,18-20H2,1-2H3/t23-,26?,28?/m0/s1. The van der Waals surface area contributed by atoms with E-state index in [9.17, 15) is 9.59 Å². The maximum atomic E-state index is 13.7. The van der Waals surface area contributed by atoms with Gasteiger partial charge in [0.15, 0.2) is 0 Å². The number of carbonyl (C=O) groups is 2. The second kappa shape index (κ2) is 10.9. The van der Waals surface area contributed by atoms with Crippen LogP contribution in [-0.2, 0) is 27.3 Å². The molecule has 2 unspecified atom stereocenters. The van der Waals surface area contributed by atoms with Crippen LogP contribution in [0.3, 0.4) is 0 Å². The molecule has 3 aliphatic rings. The van der Waals surface area contributed by atoms with Crippen LogP contribution in [0.1, 0.15) is 17.5 Å². The van der Waals surface area contributed by atoms with Crippen molar-refractivity contribution in [2.24, 2.45) is 5.92 Å². The Morgan fingerprint density at radius 1 is 1.05 bits per heavy atom. The van der Waals surface area contributed by atoms with E-state index in [1.54, 1.807) is 25.3 Å². The van der Waals surface area contributed by atoms with Crippen molar-refractivity contribution in [2.45, 2.75) is 31.5 Å². The molecule has 0 radical (unpaired) electrons. The molecule has 7 nitrogen and oxygen atoms in total. The van der Waals surface area contributed by atoms with Crippen LogP contribution in [0.25, 0.3) is 0 Å². The van der Waals surface area contributed by atoms with Gasteiger partial charge in [-0.25, -0.2) is 0 Å². The van der Waals surface area contributed by atoms with Crippen LogP contribution in [-0.4, -0.2) is 61.0 Å². The topological polar surface area (TPSA) is 71.1 Å². The molecule has 2 amide bonds. The number of allylic oxidation sites excluding steroid dienone is 1. The number of piperazine rings is 1. The molecule has 0 bridgehead atoms. The molecule has 0 spiro atoms. The van der Waals surface area contributed by atoms with E-state index in [2.05, 4.69) is 17.4 Å². The minimum absolute atomic E-state index is 0.0248. The van der Waals surface area contributed by atoms with Gasteiger partial charge in [0.1, 0.15) is 18.1 Å². The van der Waals surface area contributed by atoms with Gasteiger partial charge in [0.05, 0.1) is 26.3 Å². The first-order chi connectivity index (χ1) is 18.1. The van der Waals surface area contributed by atoms with E-state index in [4.69, 9.17) is 9.47 Å². The third-order valence-corrected chi connectivity index (χ3v) is 7.37. The van der Waals surface area contributed by atoms with Crippen LogP contribution in [0.5, 0.6) is 5.75 Å². The van der Waals surface area contributed by atoms with E-state index in [-0.39, 0.29) is 36.4 Å². The van der Waals surface area contributed by atoms with E-state index < -0.39 is 0 Å². The monoisotopic (exact) mass is 499 g/mol. The van der Waals surface area contributed by atoms with Crippen LogP contribution >= 0.6 is 0 Å². The lowest BCUT2D eigenvalue weighted by atomic mass is 9.89. The van der Waals surface area contributed by atoms with E-state index in [1.165, 1.54) is 5.56 Å². The summed E-state index contributed by atoms with van der Waals surface area (Å²) in [5.74, 6) is 1.25. The minimum Gasteiger partial charge on any atom is -0.497 e. The first kappa shape index (κ1) is 24.7. The van der Waals surface area contributed by atoms with Crippen LogP contribution < -0.4 is 10.1 Å². The molecule has 2 aromatic carbocycles. The summed E-state index contributed by atoms with van der Waals surface area (Å²) in [4.78, 5) is 30.9. The highest BCUT2D eigenvalue weighted by Gasteiger charge is 2.39. The summed E-state index contributed by atoms with van der Waals surface area (Å²) in [6, 6.07) is 18.0. The quantitative estimate of drug-likeness (QED) is 0.603. The predicted octanol–water partition coefficient (Wildman–Crippen LogP) is 3.44. The van der Waals surface area contributed by atoms with Crippen molar-refractivity contribution in [3.8, 4) is 5.75 Å². The maximum Gasteiger partial charge on any atom is 0.252 e. The number of aryl methyl sites for hydroxylation is 1. The van der Waals surface area contributed by atoms with Gasteiger partial charge in [-0.05, 0) is 48.3 Å².